The second-order valence-corrected chi connectivity index (χ2v) is 7.88. The van der Waals surface area contributed by atoms with E-state index in [-0.39, 0.29) is 0 Å². The molecule has 28 heavy (non-hydrogen) atoms. The van der Waals surface area contributed by atoms with Crippen LogP contribution in [0.1, 0.15) is 53.9 Å². The quantitative estimate of drug-likeness (QED) is 0.377. The van der Waals surface area contributed by atoms with Crippen molar-refractivity contribution in [2.75, 3.05) is 0 Å². The van der Waals surface area contributed by atoms with Crippen molar-refractivity contribution in [2.24, 2.45) is 11.8 Å². The maximum Gasteiger partial charge on any atom is 0.330 e. The lowest BCUT2D eigenvalue weighted by Gasteiger charge is -2.39. The van der Waals surface area contributed by atoms with E-state index in [9.17, 15) is 30.0 Å². The molecule has 0 aromatic rings. The highest BCUT2D eigenvalue weighted by molar-refractivity contribution is 5.82. The molecular weight excluding hydrogens is 368 g/mol. The average Bonchev–Trinajstić information content (AvgIpc) is 2.66. The number of carbonyl (C=O) groups is 2. The topological polar surface area (TPSA) is 134 Å². The normalized spacial score (nSPS) is 38.2. The standard InChI is InChI=1S/C20H34O8/c1-6-7-8-14(21)9-10-15(22)28-16-11(2)17(23)20(5,26)18(24)12(3)19(25)27-13(16)4/h9-14,16-18,21,23-24,26H,6-8H2,1-5H3/b10-9-/t11-,12-,13+,14-,16-,17+,18-,20-/m1/s1. The number of rotatable bonds is 6. The smallest absolute Gasteiger partial charge is 0.330 e. The molecule has 1 saturated heterocycles. The molecule has 8 heteroatoms. The zero-order valence-electron chi connectivity index (χ0n) is 17.2. The zero-order valence-corrected chi connectivity index (χ0v) is 17.2. The summed E-state index contributed by atoms with van der Waals surface area (Å²) in [5, 5.41) is 41.3. The first kappa shape index (κ1) is 24.6. The lowest BCUT2D eigenvalue weighted by molar-refractivity contribution is -0.180. The van der Waals surface area contributed by atoms with E-state index in [2.05, 4.69) is 0 Å². The fourth-order valence-corrected chi connectivity index (χ4v) is 3.38. The van der Waals surface area contributed by atoms with Crippen LogP contribution in [-0.2, 0) is 19.1 Å². The van der Waals surface area contributed by atoms with Gasteiger partial charge >= 0.3 is 11.9 Å². The third-order valence-electron chi connectivity index (χ3n) is 5.38. The van der Waals surface area contributed by atoms with Gasteiger partial charge in [0.1, 0.15) is 17.8 Å². The second-order valence-electron chi connectivity index (χ2n) is 7.88. The molecule has 1 heterocycles. The number of hydrogen-bond donors (Lipinski definition) is 4. The van der Waals surface area contributed by atoms with Crippen molar-refractivity contribution >= 4 is 11.9 Å². The Labute approximate surface area is 166 Å². The summed E-state index contributed by atoms with van der Waals surface area (Å²) in [5.74, 6) is -3.47. The van der Waals surface area contributed by atoms with Crippen LogP contribution in [0, 0.1) is 11.8 Å². The predicted octanol–water partition coefficient (Wildman–Crippen LogP) is 0.696. The number of unbranched alkanes of at least 4 members (excludes halogenated alkanes) is 1. The number of aliphatic hydroxyl groups is 4. The van der Waals surface area contributed by atoms with Crippen molar-refractivity contribution in [2.45, 2.75) is 90.0 Å². The Kier molecular flexibility index (Phi) is 9.07. The Morgan fingerprint density at radius 1 is 1.29 bits per heavy atom. The molecule has 0 saturated carbocycles. The highest BCUT2D eigenvalue weighted by atomic mass is 16.6. The van der Waals surface area contributed by atoms with E-state index in [1.54, 1.807) is 0 Å². The summed E-state index contributed by atoms with van der Waals surface area (Å²) in [4.78, 5) is 24.4. The van der Waals surface area contributed by atoms with Crippen LogP contribution in [0.25, 0.3) is 0 Å². The van der Waals surface area contributed by atoms with Gasteiger partial charge in [0.05, 0.1) is 24.2 Å². The fourth-order valence-electron chi connectivity index (χ4n) is 3.38. The van der Waals surface area contributed by atoms with Crippen molar-refractivity contribution in [3.05, 3.63) is 12.2 Å². The minimum Gasteiger partial charge on any atom is -0.458 e. The highest BCUT2D eigenvalue weighted by Crippen LogP contribution is 2.32. The van der Waals surface area contributed by atoms with Crippen molar-refractivity contribution in [1.29, 1.82) is 0 Å². The summed E-state index contributed by atoms with van der Waals surface area (Å²) in [6.45, 7) is 7.64. The summed E-state index contributed by atoms with van der Waals surface area (Å²) >= 11 is 0. The highest BCUT2D eigenvalue weighted by Gasteiger charge is 2.50. The van der Waals surface area contributed by atoms with Crippen LogP contribution >= 0.6 is 0 Å². The molecule has 8 nitrogen and oxygen atoms in total. The molecule has 4 N–H and O–H groups in total. The van der Waals surface area contributed by atoms with Gasteiger partial charge in [-0.2, -0.15) is 0 Å². The van der Waals surface area contributed by atoms with E-state index >= 15 is 0 Å². The molecule has 1 fully saturated rings. The molecule has 0 unspecified atom stereocenters. The van der Waals surface area contributed by atoms with Crippen LogP contribution in [0.4, 0.5) is 0 Å². The number of ether oxygens (including phenoxy) is 2. The van der Waals surface area contributed by atoms with E-state index in [1.807, 2.05) is 6.92 Å². The second kappa shape index (κ2) is 10.3. The maximum absolute atomic E-state index is 12.2. The Hall–Kier alpha value is -1.48. The Balaban J connectivity index is 3.00. The van der Waals surface area contributed by atoms with Crippen LogP contribution in [0.2, 0.25) is 0 Å². The average molecular weight is 402 g/mol. The van der Waals surface area contributed by atoms with Gasteiger partial charge in [-0.1, -0.05) is 26.7 Å². The maximum atomic E-state index is 12.2. The van der Waals surface area contributed by atoms with E-state index in [0.717, 1.165) is 18.9 Å². The molecule has 0 aromatic carbocycles. The molecule has 0 aliphatic carbocycles. The van der Waals surface area contributed by atoms with Gasteiger partial charge in [-0.15, -0.1) is 0 Å². The number of esters is 2. The van der Waals surface area contributed by atoms with Crippen molar-refractivity contribution in [3.63, 3.8) is 0 Å². The summed E-state index contributed by atoms with van der Waals surface area (Å²) in [6, 6.07) is 0. The molecular formula is C20H34O8. The minimum absolute atomic E-state index is 0.519. The molecule has 162 valence electrons. The summed E-state index contributed by atoms with van der Waals surface area (Å²) in [5.41, 5.74) is -2.02. The predicted molar refractivity (Wildman–Crippen MR) is 101 cm³/mol. The summed E-state index contributed by atoms with van der Waals surface area (Å²) in [6.07, 6.45) is -1.13. The molecule has 8 atom stereocenters. The third-order valence-corrected chi connectivity index (χ3v) is 5.38. The molecule has 1 rings (SSSR count). The lowest BCUT2D eigenvalue weighted by atomic mass is 9.78. The third kappa shape index (κ3) is 6.01. The van der Waals surface area contributed by atoms with Gasteiger partial charge in [0.15, 0.2) is 0 Å². The van der Waals surface area contributed by atoms with Crippen molar-refractivity contribution < 1.29 is 39.5 Å². The summed E-state index contributed by atoms with van der Waals surface area (Å²) in [7, 11) is 0. The van der Waals surface area contributed by atoms with E-state index in [1.165, 1.54) is 33.8 Å². The van der Waals surface area contributed by atoms with Crippen LogP contribution < -0.4 is 0 Å². The number of hydrogen-bond acceptors (Lipinski definition) is 8. The number of cyclic esters (lactones) is 1. The van der Waals surface area contributed by atoms with Gasteiger partial charge in [-0.05, 0) is 33.3 Å². The van der Waals surface area contributed by atoms with E-state index in [4.69, 9.17) is 9.47 Å². The van der Waals surface area contributed by atoms with Gasteiger partial charge < -0.3 is 29.9 Å². The fraction of sp³-hybridized carbons (Fsp3) is 0.800. The molecule has 0 amide bonds. The van der Waals surface area contributed by atoms with Gasteiger partial charge in [0, 0.05) is 12.0 Å². The minimum atomic E-state index is -2.02. The van der Waals surface area contributed by atoms with Crippen LogP contribution in [0.5, 0.6) is 0 Å². The molecule has 0 radical (unpaired) electrons. The largest absolute Gasteiger partial charge is 0.458 e. The molecule has 1 aliphatic rings. The van der Waals surface area contributed by atoms with E-state index in [0.29, 0.717) is 6.42 Å². The van der Waals surface area contributed by atoms with Crippen LogP contribution in [0.3, 0.4) is 0 Å². The van der Waals surface area contributed by atoms with Gasteiger partial charge in [0.2, 0.25) is 0 Å². The molecule has 0 spiro atoms. The van der Waals surface area contributed by atoms with Crippen LogP contribution in [0.15, 0.2) is 12.2 Å². The van der Waals surface area contributed by atoms with Crippen LogP contribution in [-0.4, -0.2) is 68.5 Å². The first-order chi connectivity index (χ1) is 12.9. The van der Waals surface area contributed by atoms with E-state index < -0.39 is 59.9 Å². The first-order valence-corrected chi connectivity index (χ1v) is 9.79. The van der Waals surface area contributed by atoms with Gasteiger partial charge in [0.25, 0.3) is 0 Å². The Bertz CT molecular complexity index is 558. The number of aliphatic hydroxyl groups excluding tert-OH is 3. The van der Waals surface area contributed by atoms with Crippen molar-refractivity contribution in [3.8, 4) is 0 Å². The van der Waals surface area contributed by atoms with Crippen molar-refractivity contribution in [1.82, 2.24) is 0 Å². The monoisotopic (exact) mass is 402 g/mol. The number of carbonyl (C=O) groups excluding carboxylic acids is 2. The zero-order chi connectivity index (χ0) is 21.6. The lowest BCUT2D eigenvalue weighted by Crippen LogP contribution is -2.57. The van der Waals surface area contributed by atoms with Gasteiger partial charge in [-0.3, -0.25) is 4.79 Å². The van der Waals surface area contributed by atoms with Gasteiger partial charge in [-0.25, -0.2) is 4.79 Å². The molecule has 0 aromatic heterocycles. The Morgan fingerprint density at radius 2 is 1.89 bits per heavy atom. The molecule has 1 aliphatic heterocycles. The molecule has 0 bridgehead atoms. The summed E-state index contributed by atoms with van der Waals surface area (Å²) < 4.78 is 10.7. The Morgan fingerprint density at radius 3 is 2.46 bits per heavy atom. The SMILES string of the molecule is CCCC[C@@H](O)/C=C\C(=O)O[C@@H]1[C@@H](C)[C@H](O)[C@@](C)(O)[C@H](O)[C@@H](C)C(=O)O[C@H]1C. The first-order valence-electron chi connectivity index (χ1n) is 9.79.